The van der Waals surface area contributed by atoms with Gasteiger partial charge in [-0.1, -0.05) is 41.2 Å². The van der Waals surface area contributed by atoms with Crippen molar-refractivity contribution in [3.63, 3.8) is 0 Å². The Morgan fingerprint density at radius 1 is 1.00 bits per heavy atom. The number of methoxy groups -OCH3 is 1. The largest absolute Gasteiger partial charge is 0.497 e. The molecule has 0 aliphatic rings. The number of benzene rings is 3. The Hall–Kier alpha value is -3.51. The van der Waals surface area contributed by atoms with Gasteiger partial charge >= 0.3 is 0 Å². The number of hydrogen-bond donors (Lipinski definition) is 1. The molecule has 30 heavy (non-hydrogen) atoms. The van der Waals surface area contributed by atoms with E-state index in [2.05, 4.69) is 5.32 Å². The van der Waals surface area contributed by atoms with E-state index in [9.17, 15) is 9.18 Å². The second-order valence-electron chi connectivity index (χ2n) is 6.76. The maximum atomic E-state index is 13.4. The standard InChI is InChI=1S/C24H19FN2O2S/c1-15-6-8-17(9-7-15)22(28)27-24-21(16-10-12-19(25)13-11-16)26-23(30-24)18-4-3-5-20(14-18)29-2/h3-14H,1-2H3,(H,27,28). The summed E-state index contributed by atoms with van der Waals surface area (Å²) in [5, 5.41) is 4.30. The number of thiazole rings is 1. The van der Waals surface area contributed by atoms with Gasteiger partial charge in [0.15, 0.2) is 0 Å². The van der Waals surface area contributed by atoms with Gasteiger partial charge in [-0.25, -0.2) is 9.37 Å². The highest BCUT2D eigenvalue weighted by Crippen LogP contribution is 2.39. The van der Waals surface area contributed by atoms with Gasteiger partial charge in [-0.15, -0.1) is 0 Å². The molecule has 4 nitrogen and oxygen atoms in total. The van der Waals surface area contributed by atoms with E-state index in [1.54, 1.807) is 31.4 Å². The van der Waals surface area contributed by atoms with Crippen LogP contribution in [0, 0.1) is 12.7 Å². The minimum Gasteiger partial charge on any atom is -0.497 e. The fraction of sp³-hybridized carbons (Fsp3) is 0.0833. The minimum atomic E-state index is -0.327. The number of amides is 1. The van der Waals surface area contributed by atoms with Crippen molar-refractivity contribution in [1.82, 2.24) is 4.98 Å². The normalized spacial score (nSPS) is 10.6. The molecule has 0 saturated heterocycles. The van der Waals surface area contributed by atoms with E-state index in [4.69, 9.17) is 9.72 Å². The van der Waals surface area contributed by atoms with Crippen LogP contribution in [0.3, 0.4) is 0 Å². The van der Waals surface area contributed by atoms with Crippen molar-refractivity contribution in [3.8, 4) is 27.6 Å². The number of nitrogens with one attached hydrogen (secondary N) is 1. The van der Waals surface area contributed by atoms with Gasteiger partial charge in [0.1, 0.15) is 27.3 Å². The first-order valence-electron chi connectivity index (χ1n) is 9.33. The number of hydrogen-bond acceptors (Lipinski definition) is 4. The molecule has 0 saturated carbocycles. The van der Waals surface area contributed by atoms with Crippen molar-refractivity contribution in [2.45, 2.75) is 6.92 Å². The second kappa shape index (κ2) is 8.47. The van der Waals surface area contributed by atoms with Crippen LogP contribution >= 0.6 is 11.3 Å². The smallest absolute Gasteiger partial charge is 0.256 e. The van der Waals surface area contributed by atoms with E-state index < -0.39 is 0 Å². The number of aromatic nitrogens is 1. The Labute approximate surface area is 178 Å². The van der Waals surface area contributed by atoms with Crippen LogP contribution in [0.25, 0.3) is 21.8 Å². The van der Waals surface area contributed by atoms with E-state index in [1.807, 2.05) is 43.3 Å². The number of carbonyl (C=O) groups is 1. The molecule has 0 spiro atoms. The molecule has 4 rings (SSSR count). The first-order chi connectivity index (χ1) is 14.5. The van der Waals surface area contributed by atoms with Gasteiger partial charge in [0.2, 0.25) is 0 Å². The van der Waals surface area contributed by atoms with Crippen molar-refractivity contribution in [2.24, 2.45) is 0 Å². The number of aryl methyl sites for hydroxylation is 1. The monoisotopic (exact) mass is 418 g/mol. The van der Waals surface area contributed by atoms with Crippen molar-refractivity contribution >= 4 is 22.2 Å². The summed E-state index contributed by atoms with van der Waals surface area (Å²) in [6.07, 6.45) is 0. The summed E-state index contributed by atoms with van der Waals surface area (Å²) in [5.74, 6) is 0.169. The first-order valence-corrected chi connectivity index (χ1v) is 10.1. The van der Waals surface area contributed by atoms with Crippen LogP contribution in [-0.2, 0) is 0 Å². The Kier molecular flexibility index (Phi) is 5.59. The van der Waals surface area contributed by atoms with Crippen molar-refractivity contribution in [2.75, 3.05) is 12.4 Å². The molecule has 0 fully saturated rings. The van der Waals surface area contributed by atoms with Gasteiger partial charge in [-0.05, 0) is 55.5 Å². The average molecular weight is 418 g/mol. The fourth-order valence-electron chi connectivity index (χ4n) is 2.97. The predicted octanol–water partition coefficient (Wildman–Crippen LogP) is 6.19. The number of ether oxygens (including phenoxy) is 1. The van der Waals surface area contributed by atoms with Crippen LogP contribution in [0.2, 0.25) is 0 Å². The molecule has 0 aliphatic heterocycles. The third kappa shape index (κ3) is 4.23. The van der Waals surface area contributed by atoms with E-state index >= 15 is 0 Å². The maximum Gasteiger partial charge on any atom is 0.256 e. The lowest BCUT2D eigenvalue weighted by Gasteiger charge is -2.06. The molecule has 1 aromatic heterocycles. The summed E-state index contributed by atoms with van der Waals surface area (Å²) in [6.45, 7) is 1.97. The summed E-state index contributed by atoms with van der Waals surface area (Å²) in [4.78, 5) is 17.5. The lowest BCUT2D eigenvalue weighted by Crippen LogP contribution is -2.11. The molecule has 1 N–H and O–H groups in total. The summed E-state index contributed by atoms with van der Waals surface area (Å²) in [6, 6.07) is 21.0. The number of anilines is 1. The molecule has 0 bridgehead atoms. The third-order valence-corrected chi connectivity index (χ3v) is 5.62. The second-order valence-corrected chi connectivity index (χ2v) is 7.75. The van der Waals surface area contributed by atoms with Gasteiger partial charge in [0, 0.05) is 16.7 Å². The molecule has 150 valence electrons. The lowest BCUT2D eigenvalue weighted by molar-refractivity contribution is 0.102. The van der Waals surface area contributed by atoms with Gasteiger partial charge in [0.05, 0.1) is 7.11 Å². The van der Waals surface area contributed by atoms with Crippen LogP contribution in [0.4, 0.5) is 9.39 Å². The number of carbonyl (C=O) groups excluding carboxylic acids is 1. The van der Waals surface area contributed by atoms with E-state index in [0.717, 1.165) is 27.4 Å². The molecule has 1 heterocycles. The molecule has 0 aliphatic carbocycles. The number of rotatable bonds is 5. The SMILES string of the molecule is COc1cccc(-c2nc(-c3ccc(F)cc3)c(NC(=O)c3ccc(C)cc3)s2)c1. The molecule has 3 aromatic carbocycles. The summed E-state index contributed by atoms with van der Waals surface area (Å²) < 4.78 is 18.7. The zero-order valence-corrected chi connectivity index (χ0v) is 17.3. The highest BCUT2D eigenvalue weighted by Gasteiger charge is 2.18. The molecule has 1 amide bonds. The van der Waals surface area contributed by atoms with E-state index in [0.29, 0.717) is 16.3 Å². The van der Waals surface area contributed by atoms with Crippen LogP contribution in [0.1, 0.15) is 15.9 Å². The van der Waals surface area contributed by atoms with Crippen LogP contribution < -0.4 is 10.1 Å². The molecule has 0 unspecified atom stereocenters. The number of halogens is 1. The van der Waals surface area contributed by atoms with Crippen LogP contribution in [-0.4, -0.2) is 18.0 Å². The molecule has 0 atom stereocenters. The first kappa shape index (κ1) is 19.8. The predicted molar refractivity (Wildman–Crippen MR) is 119 cm³/mol. The van der Waals surface area contributed by atoms with Crippen molar-refractivity contribution in [3.05, 3.63) is 89.7 Å². The summed E-state index contributed by atoms with van der Waals surface area (Å²) >= 11 is 1.36. The molecular weight excluding hydrogens is 399 g/mol. The molecule has 0 radical (unpaired) electrons. The molecule has 4 aromatic rings. The Morgan fingerprint density at radius 3 is 2.43 bits per heavy atom. The van der Waals surface area contributed by atoms with Gasteiger partial charge in [0.25, 0.3) is 5.91 Å². The summed E-state index contributed by atoms with van der Waals surface area (Å²) in [5.41, 5.74) is 3.83. The number of nitrogens with zero attached hydrogens (tertiary/aromatic N) is 1. The third-order valence-electron chi connectivity index (χ3n) is 4.60. The Bertz CT molecular complexity index is 1180. The lowest BCUT2D eigenvalue weighted by atomic mass is 10.1. The topological polar surface area (TPSA) is 51.2 Å². The van der Waals surface area contributed by atoms with Crippen LogP contribution in [0.15, 0.2) is 72.8 Å². The Balaban J connectivity index is 1.75. The van der Waals surface area contributed by atoms with E-state index in [-0.39, 0.29) is 11.7 Å². The fourth-order valence-corrected chi connectivity index (χ4v) is 3.95. The summed E-state index contributed by atoms with van der Waals surface area (Å²) in [7, 11) is 1.61. The highest BCUT2D eigenvalue weighted by molar-refractivity contribution is 7.19. The Morgan fingerprint density at radius 2 is 1.73 bits per heavy atom. The highest BCUT2D eigenvalue weighted by atomic mass is 32.1. The zero-order valence-electron chi connectivity index (χ0n) is 16.5. The van der Waals surface area contributed by atoms with Gasteiger partial charge in [-0.2, -0.15) is 0 Å². The van der Waals surface area contributed by atoms with Gasteiger partial charge < -0.3 is 10.1 Å². The minimum absolute atomic E-state index is 0.223. The molecular formula is C24H19FN2O2S. The van der Waals surface area contributed by atoms with Gasteiger partial charge in [-0.3, -0.25) is 4.79 Å². The quantitative estimate of drug-likeness (QED) is 0.421. The average Bonchev–Trinajstić information content (AvgIpc) is 3.18. The molecule has 6 heteroatoms. The maximum absolute atomic E-state index is 13.4. The van der Waals surface area contributed by atoms with Crippen molar-refractivity contribution < 1.29 is 13.9 Å². The van der Waals surface area contributed by atoms with Crippen LogP contribution in [0.5, 0.6) is 5.75 Å². The van der Waals surface area contributed by atoms with Crippen molar-refractivity contribution in [1.29, 1.82) is 0 Å². The van der Waals surface area contributed by atoms with E-state index in [1.165, 1.54) is 23.5 Å². The zero-order chi connectivity index (χ0) is 21.1.